The van der Waals surface area contributed by atoms with E-state index in [9.17, 15) is 0 Å². The molecular formula is C6H3BrClN3. The monoisotopic (exact) mass is 231 g/mol. The van der Waals surface area contributed by atoms with Crippen LogP contribution >= 0.6 is 27.5 Å². The van der Waals surface area contributed by atoms with Gasteiger partial charge in [-0.05, 0) is 28.1 Å². The standard InChI is InChI=1S/C6H3BrClN3/c7-5-3-1-2-4(8)9-6(3)11-10-5/h1-2H,(H,9,10,11). The minimum atomic E-state index is 0.466. The zero-order valence-electron chi connectivity index (χ0n) is 5.31. The van der Waals surface area contributed by atoms with Gasteiger partial charge in [-0.15, -0.1) is 0 Å². The summed E-state index contributed by atoms with van der Waals surface area (Å²) in [5.41, 5.74) is 0.698. The molecule has 2 aromatic rings. The van der Waals surface area contributed by atoms with E-state index in [1.54, 1.807) is 6.07 Å². The fraction of sp³-hybridized carbons (Fsp3) is 0. The van der Waals surface area contributed by atoms with Crippen molar-refractivity contribution in [2.24, 2.45) is 0 Å². The molecule has 0 radical (unpaired) electrons. The van der Waals surface area contributed by atoms with Crippen LogP contribution in [0.15, 0.2) is 16.7 Å². The van der Waals surface area contributed by atoms with Crippen molar-refractivity contribution in [3.05, 3.63) is 21.9 Å². The first-order chi connectivity index (χ1) is 5.27. The number of hydrogen-bond donors (Lipinski definition) is 1. The molecule has 0 saturated heterocycles. The maximum Gasteiger partial charge on any atom is 0.158 e. The highest BCUT2D eigenvalue weighted by Gasteiger charge is 2.02. The van der Waals surface area contributed by atoms with E-state index in [0.717, 1.165) is 9.99 Å². The van der Waals surface area contributed by atoms with Crippen molar-refractivity contribution in [3.63, 3.8) is 0 Å². The third-order valence-electron chi connectivity index (χ3n) is 1.34. The molecule has 0 bridgehead atoms. The molecule has 1 N–H and O–H groups in total. The lowest BCUT2D eigenvalue weighted by Crippen LogP contribution is -1.75. The van der Waals surface area contributed by atoms with E-state index < -0.39 is 0 Å². The van der Waals surface area contributed by atoms with Crippen LogP contribution in [0.4, 0.5) is 0 Å². The zero-order chi connectivity index (χ0) is 7.84. The maximum absolute atomic E-state index is 5.65. The third kappa shape index (κ3) is 1.12. The van der Waals surface area contributed by atoms with Gasteiger partial charge in [-0.3, -0.25) is 5.10 Å². The normalized spacial score (nSPS) is 10.7. The largest absolute Gasteiger partial charge is 0.260 e. The summed E-state index contributed by atoms with van der Waals surface area (Å²) >= 11 is 8.92. The van der Waals surface area contributed by atoms with Crippen LogP contribution in [-0.4, -0.2) is 15.2 Å². The number of aromatic amines is 1. The summed E-state index contributed by atoms with van der Waals surface area (Å²) in [5.74, 6) is 0. The lowest BCUT2D eigenvalue weighted by atomic mass is 10.4. The number of H-pyrrole nitrogens is 1. The van der Waals surface area contributed by atoms with Gasteiger partial charge in [0.05, 0.1) is 5.39 Å². The summed E-state index contributed by atoms with van der Waals surface area (Å²) in [6.45, 7) is 0. The second-order valence-corrected chi connectivity index (χ2v) is 3.18. The minimum absolute atomic E-state index is 0.466. The zero-order valence-corrected chi connectivity index (χ0v) is 7.65. The molecule has 5 heteroatoms. The van der Waals surface area contributed by atoms with Crippen LogP contribution in [-0.2, 0) is 0 Å². The summed E-state index contributed by atoms with van der Waals surface area (Å²) in [4.78, 5) is 4.01. The van der Waals surface area contributed by atoms with Gasteiger partial charge in [0, 0.05) is 0 Å². The molecule has 0 unspecified atom stereocenters. The van der Waals surface area contributed by atoms with Crippen molar-refractivity contribution in [3.8, 4) is 0 Å². The number of aromatic nitrogens is 3. The van der Waals surface area contributed by atoms with Crippen molar-refractivity contribution in [2.75, 3.05) is 0 Å². The van der Waals surface area contributed by atoms with E-state index in [1.165, 1.54) is 0 Å². The first kappa shape index (κ1) is 7.06. The average Bonchev–Trinajstić information content (AvgIpc) is 2.32. The Hall–Kier alpha value is -0.610. The summed E-state index contributed by atoms with van der Waals surface area (Å²) in [6, 6.07) is 3.59. The molecule has 56 valence electrons. The van der Waals surface area contributed by atoms with Crippen LogP contribution < -0.4 is 0 Å². The number of fused-ring (bicyclic) bond motifs is 1. The Labute approximate surface area is 75.9 Å². The lowest BCUT2D eigenvalue weighted by molar-refractivity contribution is 1.08. The molecule has 0 aliphatic rings. The summed E-state index contributed by atoms with van der Waals surface area (Å²) in [6.07, 6.45) is 0. The van der Waals surface area contributed by atoms with Crippen LogP contribution in [0, 0.1) is 0 Å². The molecular weight excluding hydrogens is 229 g/mol. The van der Waals surface area contributed by atoms with Crippen LogP contribution in [0.3, 0.4) is 0 Å². The number of nitrogens with one attached hydrogen (secondary N) is 1. The van der Waals surface area contributed by atoms with Gasteiger partial charge < -0.3 is 0 Å². The molecule has 0 fully saturated rings. The summed E-state index contributed by atoms with van der Waals surface area (Å²) in [5, 5.41) is 8.05. The smallest absolute Gasteiger partial charge is 0.158 e. The van der Waals surface area contributed by atoms with Crippen molar-refractivity contribution in [2.45, 2.75) is 0 Å². The first-order valence-corrected chi connectivity index (χ1v) is 4.10. The molecule has 0 atom stereocenters. The quantitative estimate of drug-likeness (QED) is 0.709. The summed E-state index contributed by atoms with van der Waals surface area (Å²) in [7, 11) is 0. The van der Waals surface area contributed by atoms with E-state index in [4.69, 9.17) is 11.6 Å². The van der Waals surface area contributed by atoms with Gasteiger partial charge in [0.15, 0.2) is 5.65 Å². The Bertz CT molecular complexity index is 398. The van der Waals surface area contributed by atoms with Gasteiger partial charge in [-0.2, -0.15) is 5.10 Å². The molecule has 11 heavy (non-hydrogen) atoms. The predicted octanol–water partition coefficient (Wildman–Crippen LogP) is 2.37. The molecule has 0 aliphatic heterocycles. The first-order valence-electron chi connectivity index (χ1n) is 2.93. The minimum Gasteiger partial charge on any atom is -0.260 e. The average molecular weight is 232 g/mol. The topological polar surface area (TPSA) is 41.6 Å². The third-order valence-corrected chi connectivity index (χ3v) is 2.16. The van der Waals surface area contributed by atoms with Gasteiger partial charge >= 0.3 is 0 Å². The van der Waals surface area contributed by atoms with Crippen LogP contribution in [0.2, 0.25) is 5.15 Å². The lowest BCUT2D eigenvalue weighted by Gasteiger charge is -1.87. The summed E-state index contributed by atoms with van der Waals surface area (Å²) < 4.78 is 0.761. The van der Waals surface area contributed by atoms with E-state index in [1.807, 2.05) is 6.07 Å². The van der Waals surface area contributed by atoms with Crippen molar-refractivity contribution >= 4 is 38.6 Å². The maximum atomic E-state index is 5.65. The Morgan fingerprint density at radius 1 is 1.45 bits per heavy atom. The molecule has 2 aromatic heterocycles. The Morgan fingerprint density at radius 2 is 2.27 bits per heavy atom. The molecule has 2 rings (SSSR count). The Kier molecular flexibility index (Phi) is 1.58. The molecule has 0 aliphatic carbocycles. The number of halogens is 2. The van der Waals surface area contributed by atoms with E-state index in [0.29, 0.717) is 10.8 Å². The molecule has 2 heterocycles. The number of rotatable bonds is 0. The Balaban J connectivity index is 2.86. The van der Waals surface area contributed by atoms with Gasteiger partial charge in [0.25, 0.3) is 0 Å². The number of pyridine rings is 1. The van der Waals surface area contributed by atoms with Gasteiger partial charge in [-0.1, -0.05) is 11.6 Å². The second-order valence-electron chi connectivity index (χ2n) is 2.04. The van der Waals surface area contributed by atoms with Crippen molar-refractivity contribution < 1.29 is 0 Å². The highest BCUT2D eigenvalue weighted by atomic mass is 79.9. The van der Waals surface area contributed by atoms with E-state index in [2.05, 4.69) is 31.1 Å². The van der Waals surface area contributed by atoms with Crippen molar-refractivity contribution in [1.82, 2.24) is 15.2 Å². The Morgan fingerprint density at radius 3 is 3.09 bits per heavy atom. The number of nitrogens with zero attached hydrogens (tertiary/aromatic N) is 2. The van der Waals surface area contributed by atoms with Gasteiger partial charge in [0.2, 0.25) is 0 Å². The van der Waals surface area contributed by atoms with Crippen LogP contribution in [0.5, 0.6) is 0 Å². The van der Waals surface area contributed by atoms with Gasteiger partial charge in [-0.25, -0.2) is 4.98 Å². The SMILES string of the molecule is Clc1ccc2c(Br)n[nH]c2n1. The molecule has 3 nitrogen and oxygen atoms in total. The molecule has 0 amide bonds. The van der Waals surface area contributed by atoms with E-state index in [-0.39, 0.29) is 0 Å². The fourth-order valence-electron chi connectivity index (χ4n) is 0.849. The van der Waals surface area contributed by atoms with Gasteiger partial charge in [0.1, 0.15) is 9.76 Å². The molecule has 0 aromatic carbocycles. The highest BCUT2D eigenvalue weighted by molar-refractivity contribution is 9.10. The molecule has 0 saturated carbocycles. The van der Waals surface area contributed by atoms with Crippen molar-refractivity contribution in [1.29, 1.82) is 0 Å². The van der Waals surface area contributed by atoms with Crippen LogP contribution in [0.25, 0.3) is 11.0 Å². The highest BCUT2D eigenvalue weighted by Crippen LogP contribution is 2.20. The van der Waals surface area contributed by atoms with Crippen LogP contribution in [0.1, 0.15) is 0 Å². The second kappa shape index (κ2) is 2.46. The fourth-order valence-corrected chi connectivity index (χ4v) is 1.41. The number of hydrogen-bond acceptors (Lipinski definition) is 2. The van der Waals surface area contributed by atoms with E-state index >= 15 is 0 Å². The predicted molar refractivity (Wildman–Crippen MR) is 46.6 cm³/mol. The molecule has 0 spiro atoms.